The minimum Gasteiger partial charge on any atom is -0.372 e. The van der Waals surface area contributed by atoms with E-state index in [-0.39, 0.29) is 12.5 Å². The summed E-state index contributed by atoms with van der Waals surface area (Å²) >= 11 is 0. The Hall–Kier alpha value is -0.610. The molecule has 4 nitrogen and oxygen atoms in total. The first-order valence-electron chi connectivity index (χ1n) is 6.40. The first-order chi connectivity index (χ1) is 7.83. The minimum atomic E-state index is 0.0331. The second-order valence-corrected chi connectivity index (χ2v) is 4.45. The van der Waals surface area contributed by atoms with Crippen molar-refractivity contribution in [1.29, 1.82) is 0 Å². The maximum Gasteiger partial charge on any atom is 0.246 e. The Morgan fingerprint density at radius 3 is 2.69 bits per heavy atom. The van der Waals surface area contributed by atoms with Gasteiger partial charge in [-0.05, 0) is 38.6 Å². The molecule has 1 amide bonds. The van der Waals surface area contributed by atoms with Crippen LogP contribution in [0.4, 0.5) is 0 Å². The van der Waals surface area contributed by atoms with E-state index in [2.05, 4.69) is 5.32 Å². The molecule has 1 rings (SSSR count). The molecular weight excluding hydrogens is 204 g/mol. The molecule has 0 aromatic heterocycles. The van der Waals surface area contributed by atoms with Crippen LogP contribution >= 0.6 is 0 Å². The molecule has 0 bridgehead atoms. The molecule has 0 aromatic rings. The molecule has 94 valence electrons. The van der Waals surface area contributed by atoms with Gasteiger partial charge >= 0.3 is 0 Å². The third kappa shape index (κ3) is 6.08. The predicted molar refractivity (Wildman–Crippen MR) is 64.1 cm³/mol. The van der Waals surface area contributed by atoms with Crippen molar-refractivity contribution in [2.75, 3.05) is 19.8 Å². The second-order valence-electron chi connectivity index (χ2n) is 4.45. The van der Waals surface area contributed by atoms with Crippen LogP contribution < -0.4 is 11.1 Å². The highest BCUT2D eigenvalue weighted by Crippen LogP contribution is 2.17. The van der Waals surface area contributed by atoms with Gasteiger partial charge < -0.3 is 15.8 Å². The lowest BCUT2D eigenvalue weighted by atomic mass is 10.2. The fraction of sp³-hybridized carbons (Fsp3) is 0.917. The van der Waals surface area contributed by atoms with Crippen LogP contribution in [0.3, 0.4) is 0 Å². The molecular formula is C12H24N2O2. The van der Waals surface area contributed by atoms with Gasteiger partial charge in [0.15, 0.2) is 0 Å². The zero-order valence-corrected chi connectivity index (χ0v) is 10.0. The summed E-state index contributed by atoms with van der Waals surface area (Å²) in [6, 6.07) is 0.397. The van der Waals surface area contributed by atoms with Crippen molar-refractivity contribution in [1.82, 2.24) is 5.32 Å². The minimum absolute atomic E-state index is 0.0331. The van der Waals surface area contributed by atoms with Crippen molar-refractivity contribution in [3.63, 3.8) is 0 Å². The molecule has 16 heavy (non-hydrogen) atoms. The van der Waals surface area contributed by atoms with E-state index in [0.29, 0.717) is 12.6 Å². The number of nitrogens with one attached hydrogen (secondary N) is 1. The van der Waals surface area contributed by atoms with Gasteiger partial charge in [0.1, 0.15) is 6.61 Å². The summed E-state index contributed by atoms with van der Waals surface area (Å²) in [6.07, 6.45) is 7.85. The Balaban J connectivity index is 1.89. The summed E-state index contributed by atoms with van der Waals surface area (Å²) in [5.74, 6) is 0.0331. The van der Waals surface area contributed by atoms with Crippen LogP contribution in [0.25, 0.3) is 0 Å². The van der Waals surface area contributed by atoms with Gasteiger partial charge in [-0.15, -0.1) is 0 Å². The summed E-state index contributed by atoms with van der Waals surface area (Å²) in [5, 5.41) is 3.00. The summed E-state index contributed by atoms with van der Waals surface area (Å²) in [4.78, 5) is 11.4. The quantitative estimate of drug-likeness (QED) is 0.613. The first-order valence-corrected chi connectivity index (χ1v) is 6.40. The Morgan fingerprint density at radius 2 is 2.00 bits per heavy atom. The lowest BCUT2D eigenvalue weighted by molar-refractivity contribution is -0.126. The van der Waals surface area contributed by atoms with Crippen LogP contribution in [0.15, 0.2) is 0 Å². The van der Waals surface area contributed by atoms with Crippen LogP contribution in [-0.2, 0) is 9.53 Å². The van der Waals surface area contributed by atoms with Crippen LogP contribution in [0.1, 0.15) is 44.9 Å². The number of carbonyl (C=O) groups excluding carboxylic acids is 1. The number of rotatable bonds is 8. The smallest absolute Gasteiger partial charge is 0.246 e. The fourth-order valence-corrected chi connectivity index (χ4v) is 2.03. The molecule has 1 saturated carbocycles. The van der Waals surface area contributed by atoms with Crippen LogP contribution in [0.2, 0.25) is 0 Å². The molecule has 0 heterocycles. The van der Waals surface area contributed by atoms with E-state index >= 15 is 0 Å². The van der Waals surface area contributed by atoms with Gasteiger partial charge in [-0.2, -0.15) is 0 Å². The summed E-state index contributed by atoms with van der Waals surface area (Å²) in [6.45, 7) is 1.61. The zero-order chi connectivity index (χ0) is 11.6. The molecule has 1 aliphatic rings. The molecule has 0 radical (unpaired) electrons. The topological polar surface area (TPSA) is 64.3 Å². The van der Waals surface area contributed by atoms with E-state index in [1.807, 2.05) is 0 Å². The SMILES string of the molecule is NCCCCCOCC(=O)NC1CCCC1. The highest BCUT2D eigenvalue weighted by Gasteiger charge is 2.16. The monoisotopic (exact) mass is 228 g/mol. The van der Waals surface area contributed by atoms with Gasteiger partial charge in [0.2, 0.25) is 5.91 Å². The molecule has 1 fully saturated rings. The number of carbonyl (C=O) groups is 1. The highest BCUT2D eigenvalue weighted by molar-refractivity contribution is 5.77. The highest BCUT2D eigenvalue weighted by atomic mass is 16.5. The van der Waals surface area contributed by atoms with Gasteiger partial charge in [0.25, 0.3) is 0 Å². The standard InChI is InChI=1S/C12H24N2O2/c13-8-4-1-5-9-16-10-12(15)14-11-6-2-3-7-11/h11H,1-10,13H2,(H,14,15). The maximum atomic E-state index is 11.4. The molecule has 0 aromatic carbocycles. The number of hydrogen-bond acceptors (Lipinski definition) is 3. The number of hydrogen-bond donors (Lipinski definition) is 2. The van der Waals surface area contributed by atoms with E-state index in [1.54, 1.807) is 0 Å². The van der Waals surface area contributed by atoms with E-state index in [4.69, 9.17) is 10.5 Å². The van der Waals surface area contributed by atoms with Crippen LogP contribution in [0.5, 0.6) is 0 Å². The van der Waals surface area contributed by atoms with Crippen molar-refractivity contribution >= 4 is 5.91 Å². The van der Waals surface area contributed by atoms with Crippen molar-refractivity contribution < 1.29 is 9.53 Å². The zero-order valence-electron chi connectivity index (χ0n) is 10.0. The number of ether oxygens (including phenoxy) is 1. The Labute approximate surface area is 97.9 Å². The predicted octanol–water partition coefficient (Wildman–Crippen LogP) is 1.19. The van der Waals surface area contributed by atoms with E-state index < -0.39 is 0 Å². The largest absolute Gasteiger partial charge is 0.372 e. The Kier molecular flexibility index (Phi) is 7.17. The van der Waals surface area contributed by atoms with Gasteiger partial charge in [0, 0.05) is 12.6 Å². The average Bonchev–Trinajstić information content (AvgIpc) is 2.76. The van der Waals surface area contributed by atoms with Crippen LogP contribution in [-0.4, -0.2) is 31.7 Å². The normalized spacial score (nSPS) is 16.6. The van der Waals surface area contributed by atoms with Gasteiger partial charge in [0.05, 0.1) is 0 Å². The Bertz CT molecular complexity index is 191. The maximum absolute atomic E-state index is 11.4. The molecule has 0 aliphatic heterocycles. The van der Waals surface area contributed by atoms with Crippen molar-refractivity contribution in [2.45, 2.75) is 51.0 Å². The molecule has 4 heteroatoms. The summed E-state index contributed by atoms with van der Waals surface area (Å²) in [5.41, 5.74) is 5.38. The van der Waals surface area contributed by atoms with Crippen LogP contribution in [0, 0.1) is 0 Å². The van der Waals surface area contributed by atoms with Crippen molar-refractivity contribution in [3.8, 4) is 0 Å². The number of unbranched alkanes of at least 4 members (excludes halogenated alkanes) is 2. The average molecular weight is 228 g/mol. The second kappa shape index (κ2) is 8.53. The number of nitrogens with two attached hydrogens (primary N) is 1. The molecule has 0 unspecified atom stereocenters. The molecule has 0 atom stereocenters. The lowest BCUT2D eigenvalue weighted by Gasteiger charge is -2.11. The first kappa shape index (κ1) is 13.5. The summed E-state index contributed by atoms with van der Waals surface area (Å²) < 4.78 is 5.30. The Morgan fingerprint density at radius 1 is 1.25 bits per heavy atom. The third-order valence-electron chi connectivity index (χ3n) is 2.95. The molecule has 0 spiro atoms. The lowest BCUT2D eigenvalue weighted by Crippen LogP contribution is -2.35. The number of amides is 1. The fourth-order valence-electron chi connectivity index (χ4n) is 2.03. The van der Waals surface area contributed by atoms with Gasteiger partial charge in [-0.25, -0.2) is 0 Å². The summed E-state index contributed by atoms with van der Waals surface area (Å²) in [7, 11) is 0. The van der Waals surface area contributed by atoms with Crippen molar-refractivity contribution in [3.05, 3.63) is 0 Å². The molecule has 3 N–H and O–H groups in total. The van der Waals surface area contributed by atoms with Gasteiger partial charge in [-0.1, -0.05) is 12.8 Å². The third-order valence-corrected chi connectivity index (χ3v) is 2.95. The van der Waals surface area contributed by atoms with Crippen molar-refractivity contribution in [2.24, 2.45) is 5.73 Å². The van der Waals surface area contributed by atoms with E-state index in [1.165, 1.54) is 12.8 Å². The van der Waals surface area contributed by atoms with Gasteiger partial charge in [-0.3, -0.25) is 4.79 Å². The molecule has 0 saturated heterocycles. The molecule has 1 aliphatic carbocycles. The van der Waals surface area contributed by atoms with E-state index in [0.717, 1.165) is 38.6 Å². The van der Waals surface area contributed by atoms with E-state index in [9.17, 15) is 4.79 Å².